The lowest BCUT2D eigenvalue weighted by molar-refractivity contribution is -0.278. The van der Waals surface area contributed by atoms with Gasteiger partial charge in [0.05, 0.1) is 7.11 Å². The average Bonchev–Trinajstić information content (AvgIpc) is 3.01. The Hall–Kier alpha value is -2.66. The smallest absolute Gasteiger partial charge is 0.366 e. The number of esters is 1. The summed E-state index contributed by atoms with van der Waals surface area (Å²) in [5.74, 6) is -0.329. The molecule has 5 heteroatoms. The molecular formula is C17H15NO4. The summed E-state index contributed by atoms with van der Waals surface area (Å²) in [5, 5.41) is 0. The van der Waals surface area contributed by atoms with Crippen LogP contribution in [-0.2, 0) is 25.7 Å². The lowest BCUT2D eigenvalue weighted by atomic mass is 10.0. The minimum absolute atomic E-state index is 0.233. The van der Waals surface area contributed by atoms with Crippen LogP contribution >= 0.6 is 0 Å². The monoisotopic (exact) mass is 297 g/mol. The van der Waals surface area contributed by atoms with Crippen LogP contribution in [0.15, 0.2) is 65.7 Å². The van der Waals surface area contributed by atoms with E-state index >= 15 is 0 Å². The largest absolute Gasteiger partial charge is 0.465 e. The van der Waals surface area contributed by atoms with Crippen LogP contribution in [0.1, 0.15) is 11.1 Å². The molecule has 0 radical (unpaired) electrons. The Bertz CT molecular complexity index is 684. The highest BCUT2D eigenvalue weighted by molar-refractivity contribution is 5.97. The van der Waals surface area contributed by atoms with Crippen LogP contribution in [0.2, 0.25) is 0 Å². The molecule has 5 nitrogen and oxygen atoms in total. The molecule has 1 atom stereocenters. The fraction of sp³-hybridized carbons (Fsp3) is 0.176. The topological polar surface area (TPSA) is 57.1 Å². The standard InChI is InChI=1S/C17H15NO4/c1-20-16(19)17(12-13-8-4-2-5-9-13)18-15(21-22-17)14-10-6-3-7-11-14/h2-11H,12H2,1H3/t17-/m0/s1. The normalized spacial score (nSPS) is 20.1. The highest BCUT2D eigenvalue weighted by Gasteiger charge is 2.48. The minimum Gasteiger partial charge on any atom is -0.465 e. The molecular weight excluding hydrogens is 282 g/mol. The van der Waals surface area contributed by atoms with Gasteiger partial charge in [0.2, 0.25) is 0 Å². The van der Waals surface area contributed by atoms with E-state index in [1.807, 2.05) is 60.7 Å². The van der Waals surface area contributed by atoms with Gasteiger partial charge in [-0.05, 0) is 17.7 Å². The molecule has 0 amide bonds. The first-order valence-electron chi connectivity index (χ1n) is 6.87. The molecule has 1 heterocycles. The van der Waals surface area contributed by atoms with Crippen LogP contribution in [0.4, 0.5) is 0 Å². The van der Waals surface area contributed by atoms with Gasteiger partial charge in [-0.1, -0.05) is 48.5 Å². The molecule has 0 bridgehead atoms. The van der Waals surface area contributed by atoms with Crippen LogP contribution in [0.25, 0.3) is 0 Å². The number of carbonyl (C=O) groups is 1. The summed E-state index contributed by atoms with van der Waals surface area (Å²) >= 11 is 0. The van der Waals surface area contributed by atoms with Gasteiger partial charge in [0.15, 0.2) is 0 Å². The molecule has 1 aliphatic rings. The van der Waals surface area contributed by atoms with Crippen molar-refractivity contribution in [2.45, 2.75) is 12.1 Å². The number of hydrogen-bond acceptors (Lipinski definition) is 5. The van der Waals surface area contributed by atoms with Gasteiger partial charge in [-0.2, -0.15) is 4.99 Å². The summed E-state index contributed by atoms with van der Waals surface area (Å²) in [6.45, 7) is 0. The Balaban J connectivity index is 1.95. The van der Waals surface area contributed by atoms with Gasteiger partial charge in [-0.25, -0.2) is 4.79 Å². The van der Waals surface area contributed by atoms with Gasteiger partial charge in [0, 0.05) is 12.0 Å². The first-order valence-corrected chi connectivity index (χ1v) is 6.87. The van der Waals surface area contributed by atoms with Crippen molar-refractivity contribution in [1.82, 2.24) is 0 Å². The summed E-state index contributed by atoms with van der Waals surface area (Å²) < 4.78 is 4.84. The number of hydrogen-bond donors (Lipinski definition) is 0. The van der Waals surface area contributed by atoms with Crippen LogP contribution in [-0.4, -0.2) is 24.7 Å². The second-order valence-corrected chi connectivity index (χ2v) is 4.89. The fourth-order valence-corrected chi connectivity index (χ4v) is 2.26. The van der Waals surface area contributed by atoms with Crippen LogP contribution in [0.3, 0.4) is 0 Å². The van der Waals surface area contributed by atoms with Gasteiger partial charge >= 0.3 is 11.7 Å². The summed E-state index contributed by atoms with van der Waals surface area (Å²) in [5.41, 5.74) is 0.122. The van der Waals surface area contributed by atoms with E-state index in [9.17, 15) is 4.79 Å². The van der Waals surface area contributed by atoms with E-state index < -0.39 is 11.7 Å². The first kappa shape index (κ1) is 14.3. The van der Waals surface area contributed by atoms with Crippen LogP contribution in [0, 0.1) is 0 Å². The lowest BCUT2D eigenvalue weighted by Gasteiger charge is -2.19. The van der Waals surface area contributed by atoms with Gasteiger partial charge in [-0.15, -0.1) is 4.89 Å². The fourth-order valence-electron chi connectivity index (χ4n) is 2.26. The maximum atomic E-state index is 12.2. The molecule has 0 unspecified atom stereocenters. The van der Waals surface area contributed by atoms with Crippen molar-refractivity contribution in [3.8, 4) is 0 Å². The van der Waals surface area contributed by atoms with Gasteiger partial charge < -0.3 is 9.62 Å². The Labute approximate surface area is 128 Å². The molecule has 1 aliphatic heterocycles. The lowest BCUT2D eigenvalue weighted by Crippen LogP contribution is -2.40. The van der Waals surface area contributed by atoms with Crippen molar-refractivity contribution < 1.29 is 19.3 Å². The van der Waals surface area contributed by atoms with Crippen molar-refractivity contribution >= 4 is 11.9 Å². The van der Waals surface area contributed by atoms with Crippen LogP contribution in [0.5, 0.6) is 0 Å². The number of ether oxygens (including phenoxy) is 1. The number of aliphatic imine (C=N–C) groups is 1. The molecule has 0 aromatic heterocycles. The summed E-state index contributed by atoms with van der Waals surface area (Å²) in [7, 11) is 1.30. The molecule has 0 spiro atoms. The van der Waals surface area contributed by atoms with Crippen molar-refractivity contribution in [3.63, 3.8) is 0 Å². The number of rotatable bonds is 4. The van der Waals surface area contributed by atoms with Gasteiger partial charge in [0.1, 0.15) is 0 Å². The number of carbonyl (C=O) groups excluding carboxylic acids is 1. The quantitative estimate of drug-likeness (QED) is 0.642. The van der Waals surface area contributed by atoms with Crippen molar-refractivity contribution in [2.24, 2.45) is 4.99 Å². The van der Waals surface area contributed by atoms with Crippen molar-refractivity contribution in [3.05, 3.63) is 71.8 Å². The number of methoxy groups -OCH3 is 1. The van der Waals surface area contributed by atoms with E-state index in [-0.39, 0.29) is 12.3 Å². The van der Waals surface area contributed by atoms with E-state index in [1.165, 1.54) is 7.11 Å². The molecule has 0 N–H and O–H groups in total. The molecule has 0 saturated carbocycles. The van der Waals surface area contributed by atoms with E-state index in [2.05, 4.69) is 4.99 Å². The van der Waals surface area contributed by atoms with Gasteiger partial charge in [-0.3, -0.25) is 0 Å². The van der Waals surface area contributed by atoms with Crippen LogP contribution < -0.4 is 0 Å². The molecule has 0 saturated heterocycles. The maximum Gasteiger partial charge on any atom is 0.366 e. The predicted molar refractivity (Wildman–Crippen MR) is 80.0 cm³/mol. The molecule has 2 aromatic carbocycles. The van der Waals surface area contributed by atoms with Crippen molar-refractivity contribution in [1.29, 1.82) is 0 Å². The highest BCUT2D eigenvalue weighted by atomic mass is 17.2. The molecule has 2 aromatic rings. The molecule has 0 aliphatic carbocycles. The minimum atomic E-state index is -1.51. The zero-order valence-corrected chi connectivity index (χ0v) is 12.1. The zero-order valence-electron chi connectivity index (χ0n) is 12.1. The zero-order chi connectivity index (χ0) is 15.4. The van der Waals surface area contributed by atoms with E-state index in [0.29, 0.717) is 0 Å². The molecule has 22 heavy (non-hydrogen) atoms. The predicted octanol–water partition coefficient (Wildman–Crippen LogP) is 2.51. The second kappa shape index (κ2) is 5.99. The third-order valence-electron chi connectivity index (χ3n) is 3.35. The van der Waals surface area contributed by atoms with E-state index in [4.69, 9.17) is 14.5 Å². The Morgan fingerprint density at radius 3 is 2.36 bits per heavy atom. The summed E-state index contributed by atoms with van der Waals surface area (Å²) in [4.78, 5) is 27.0. The maximum absolute atomic E-state index is 12.2. The summed E-state index contributed by atoms with van der Waals surface area (Å²) in [6.07, 6.45) is 0.233. The molecule has 0 fully saturated rings. The molecule has 112 valence electrons. The van der Waals surface area contributed by atoms with E-state index in [1.54, 1.807) is 0 Å². The highest BCUT2D eigenvalue weighted by Crippen LogP contribution is 2.29. The first-order chi connectivity index (χ1) is 10.7. The van der Waals surface area contributed by atoms with Gasteiger partial charge in [0.25, 0.3) is 5.90 Å². The third-order valence-corrected chi connectivity index (χ3v) is 3.35. The SMILES string of the molecule is COC(=O)[C@@]1(Cc2ccccc2)N=C(c2ccccc2)OO1. The van der Waals surface area contributed by atoms with Crippen molar-refractivity contribution in [2.75, 3.05) is 7.11 Å². The summed E-state index contributed by atoms with van der Waals surface area (Å²) in [6, 6.07) is 18.7. The Kier molecular flexibility index (Phi) is 3.89. The second-order valence-electron chi connectivity index (χ2n) is 4.89. The third kappa shape index (κ3) is 2.71. The average molecular weight is 297 g/mol. The Morgan fingerprint density at radius 1 is 1.09 bits per heavy atom. The number of nitrogens with zero attached hydrogens (tertiary/aromatic N) is 1. The van der Waals surface area contributed by atoms with E-state index in [0.717, 1.165) is 11.1 Å². The molecule has 3 rings (SSSR count). The Morgan fingerprint density at radius 2 is 1.73 bits per heavy atom. The number of benzene rings is 2.